The van der Waals surface area contributed by atoms with Gasteiger partial charge in [-0.25, -0.2) is 4.68 Å². The number of carbonyl (C=O) groups is 2. The molecular formula is C15H16N4O3. The summed E-state index contributed by atoms with van der Waals surface area (Å²) >= 11 is 0. The standard InChI is InChI=1S/C15H16N4O3/c1-3-22-14(21)11-12(10-7-5-4-6-8-10)19-15(17-13(11)20)16-9(2)18-19/h4-8,11-12H,3H2,1-2H3,(H,16,17,18,20)/t11-,12-/m1/s1. The Hall–Kier alpha value is -2.70. The van der Waals surface area contributed by atoms with Crippen LogP contribution in [0.3, 0.4) is 0 Å². The lowest BCUT2D eigenvalue weighted by atomic mass is 9.91. The van der Waals surface area contributed by atoms with Crippen LogP contribution in [-0.4, -0.2) is 33.2 Å². The largest absolute Gasteiger partial charge is 0.465 e. The molecule has 7 heteroatoms. The highest BCUT2D eigenvalue weighted by atomic mass is 16.5. The van der Waals surface area contributed by atoms with E-state index in [1.807, 2.05) is 30.3 Å². The second-order valence-corrected chi connectivity index (χ2v) is 5.00. The number of fused-ring (bicyclic) bond motifs is 1. The number of aromatic nitrogens is 3. The lowest BCUT2D eigenvalue weighted by Gasteiger charge is -2.30. The summed E-state index contributed by atoms with van der Waals surface area (Å²) < 4.78 is 6.64. The second kappa shape index (κ2) is 5.59. The van der Waals surface area contributed by atoms with Gasteiger partial charge in [0.05, 0.1) is 6.61 Å². The van der Waals surface area contributed by atoms with Gasteiger partial charge in [-0.3, -0.25) is 14.9 Å². The molecule has 0 fully saturated rings. The molecule has 0 bridgehead atoms. The van der Waals surface area contributed by atoms with E-state index < -0.39 is 23.8 Å². The summed E-state index contributed by atoms with van der Waals surface area (Å²) in [6, 6.07) is 8.73. The Morgan fingerprint density at radius 1 is 1.36 bits per heavy atom. The van der Waals surface area contributed by atoms with Crippen molar-refractivity contribution >= 4 is 17.8 Å². The van der Waals surface area contributed by atoms with E-state index in [1.54, 1.807) is 18.5 Å². The molecule has 2 heterocycles. The third-order valence-electron chi connectivity index (χ3n) is 3.52. The second-order valence-electron chi connectivity index (χ2n) is 5.00. The maximum absolute atomic E-state index is 12.4. The summed E-state index contributed by atoms with van der Waals surface area (Å²) in [7, 11) is 0. The summed E-state index contributed by atoms with van der Waals surface area (Å²) in [6.45, 7) is 3.66. The molecule has 1 amide bonds. The molecule has 2 aromatic rings. The highest BCUT2D eigenvalue weighted by molar-refractivity contribution is 6.06. The molecule has 0 radical (unpaired) electrons. The van der Waals surface area contributed by atoms with Gasteiger partial charge in [-0.05, 0) is 19.4 Å². The van der Waals surface area contributed by atoms with Crippen LogP contribution in [0.4, 0.5) is 5.95 Å². The average Bonchev–Trinajstić information content (AvgIpc) is 2.86. The molecule has 2 atom stereocenters. The molecule has 0 unspecified atom stereocenters. The molecule has 1 aliphatic heterocycles. The van der Waals surface area contributed by atoms with Crippen molar-refractivity contribution < 1.29 is 14.3 Å². The van der Waals surface area contributed by atoms with Crippen LogP contribution >= 0.6 is 0 Å². The Kier molecular flexibility index (Phi) is 3.62. The lowest BCUT2D eigenvalue weighted by Crippen LogP contribution is -2.43. The fourth-order valence-electron chi connectivity index (χ4n) is 2.63. The first-order valence-electron chi connectivity index (χ1n) is 7.07. The summed E-state index contributed by atoms with van der Waals surface area (Å²) in [5.41, 5.74) is 0.807. The third kappa shape index (κ3) is 2.34. The van der Waals surface area contributed by atoms with Crippen molar-refractivity contribution in [2.45, 2.75) is 19.9 Å². The van der Waals surface area contributed by atoms with Crippen LogP contribution in [0.15, 0.2) is 30.3 Å². The quantitative estimate of drug-likeness (QED) is 0.682. The maximum Gasteiger partial charge on any atom is 0.321 e. The Bertz CT molecular complexity index is 711. The summed E-state index contributed by atoms with van der Waals surface area (Å²) in [5.74, 6) is -1.10. The monoisotopic (exact) mass is 300 g/mol. The number of carbonyl (C=O) groups excluding carboxylic acids is 2. The van der Waals surface area contributed by atoms with Gasteiger partial charge < -0.3 is 4.74 Å². The van der Waals surface area contributed by atoms with Crippen molar-refractivity contribution in [3.63, 3.8) is 0 Å². The van der Waals surface area contributed by atoms with Gasteiger partial charge in [0, 0.05) is 0 Å². The number of hydrogen-bond donors (Lipinski definition) is 1. The Labute approximate surface area is 127 Å². The van der Waals surface area contributed by atoms with Gasteiger partial charge in [0.15, 0.2) is 5.92 Å². The minimum Gasteiger partial charge on any atom is -0.465 e. The highest BCUT2D eigenvalue weighted by Gasteiger charge is 2.44. The van der Waals surface area contributed by atoms with Crippen LogP contribution in [0.1, 0.15) is 24.4 Å². The maximum atomic E-state index is 12.4. The fourth-order valence-corrected chi connectivity index (χ4v) is 2.63. The van der Waals surface area contributed by atoms with Gasteiger partial charge in [-0.1, -0.05) is 30.3 Å². The van der Waals surface area contributed by atoms with E-state index in [1.165, 1.54) is 0 Å². The van der Waals surface area contributed by atoms with Crippen LogP contribution in [0, 0.1) is 12.8 Å². The number of ether oxygens (including phenoxy) is 1. The molecule has 7 nitrogen and oxygen atoms in total. The third-order valence-corrected chi connectivity index (χ3v) is 3.52. The molecule has 0 saturated carbocycles. The molecule has 114 valence electrons. The molecule has 22 heavy (non-hydrogen) atoms. The molecule has 0 aliphatic carbocycles. The van der Waals surface area contributed by atoms with Gasteiger partial charge in [-0.15, -0.1) is 0 Å². The Morgan fingerprint density at radius 3 is 2.77 bits per heavy atom. The molecule has 1 aromatic carbocycles. The predicted octanol–water partition coefficient (Wildman–Crippen LogP) is 1.31. The first-order valence-corrected chi connectivity index (χ1v) is 7.07. The minimum atomic E-state index is -0.990. The van der Waals surface area contributed by atoms with Crippen molar-refractivity contribution in [3.8, 4) is 0 Å². The molecule has 1 aromatic heterocycles. The van der Waals surface area contributed by atoms with E-state index in [0.29, 0.717) is 11.8 Å². The van der Waals surface area contributed by atoms with Crippen molar-refractivity contribution in [2.24, 2.45) is 5.92 Å². The molecule has 1 aliphatic rings. The first-order chi connectivity index (χ1) is 10.6. The molecule has 3 rings (SSSR count). The van der Waals surface area contributed by atoms with E-state index in [4.69, 9.17) is 4.74 Å². The number of nitrogens with one attached hydrogen (secondary N) is 1. The van der Waals surface area contributed by atoms with E-state index in [9.17, 15) is 9.59 Å². The Balaban J connectivity index is 2.12. The van der Waals surface area contributed by atoms with Crippen LogP contribution in [-0.2, 0) is 14.3 Å². The van der Waals surface area contributed by atoms with Gasteiger partial charge >= 0.3 is 5.97 Å². The lowest BCUT2D eigenvalue weighted by molar-refractivity contribution is -0.152. The zero-order chi connectivity index (χ0) is 15.7. The van der Waals surface area contributed by atoms with Gasteiger partial charge in [0.1, 0.15) is 11.9 Å². The molecule has 0 saturated heterocycles. The number of anilines is 1. The normalized spacial score (nSPS) is 20.2. The van der Waals surface area contributed by atoms with Crippen LogP contribution in [0.2, 0.25) is 0 Å². The van der Waals surface area contributed by atoms with Crippen molar-refractivity contribution in [2.75, 3.05) is 11.9 Å². The summed E-state index contributed by atoms with van der Waals surface area (Å²) in [4.78, 5) is 28.8. The van der Waals surface area contributed by atoms with Crippen LogP contribution in [0.25, 0.3) is 0 Å². The average molecular weight is 300 g/mol. The number of hydrogen-bond acceptors (Lipinski definition) is 5. The minimum absolute atomic E-state index is 0.216. The van der Waals surface area contributed by atoms with Crippen LogP contribution < -0.4 is 5.32 Å². The smallest absolute Gasteiger partial charge is 0.321 e. The molecular weight excluding hydrogens is 284 g/mol. The van der Waals surface area contributed by atoms with E-state index in [0.717, 1.165) is 5.56 Å². The Morgan fingerprint density at radius 2 is 2.09 bits per heavy atom. The summed E-state index contributed by atoms with van der Waals surface area (Å²) in [5, 5.41) is 6.94. The van der Waals surface area contributed by atoms with E-state index in [-0.39, 0.29) is 6.61 Å². The van der Waals surface area contributed by atoms with E-state index >= 15 is 0 Å². The number of amides is 1. The SMILES string of the molecule is CCOC(=O)[C@H]1C(=O)Nc2nc(C)nn2[C@@H]1c1ccccc1. The number of benzene rings is 1. The van der Waals surface area contributed by atoms with E-state index in [2.05, 4.69) is 15.4 Å². The topological polar surface area (TPSA) is 86.1 Å². The number of aryl methyl sites for hydroxylation is 1. The number of esters is 1. The first kappa shape index (κ1) is 14.2. The predicted molar refractivity (Wildman–Crippen MR) is 78.1 cm³/mol. The van der Waals surface area contributed by atoms with Gasteiger partial charge in [0.25, 0.3) is 0 Å². The number of rotatable bonds is 3. The zero-order valence-corrected chi connectivity index (χ0v) is 12.3. The molecule has 1 N–H and O–H groups in total. The van der Waals surface area contributed by atoms with Crippen molar-refractivity contribution in [1.29, 1.82) is 0 Å². The van der Waals surface area contributed by atoms with Crippen molar-refractivity contribution in [1.82, 2.24) is 14.8 Å². The van der Waals surface area contributed by atoms with Crippen molar-refractivity contribution in [3.05, 3.63) is 41.7 Å². The number of nitrogens with zero attached hydrogens (tertiary/aromatic N) is 3. The van der Waals surface area contributed by atoms with Crippen LogP contribution in [0.5, 0.6) is 0 Å². The molecule has 0 spiro atoms. The highest BCUT2D eigenvalue weighted by Crippen LogP contribution is 2.34. The van der Waals surface area contributed by atoms with Gasteiger partial charge in [0.2, 0.25) is 11.9 Å². The zero-order valence-electron chi connectivity index (χ0n) is 12.3. The summed E-state index contributed by atoms with van der Waals surface area (Å²) in [6.07, 6.45) is 0. The van der Waals surface area contributed by atoms with Gasteiger partial charge in [-0.2, -0.15) is 10.1 Å². The fraction of sp³-hybridized carbons (Fsp3) is 0.333.